The summed E-state index contributed by atoms with van der Waals surface area (Å²) in [6.45, 7) is 9.84. The molecule has 0 spiro atoms. The second kappa shape index (κ2) is 5.07. The van der Waals surface area contributed by atoms with Gasteiger partial charge in [-0.1, -0.05) is 13.8 Å². The third-order valence-corrected chi connectivity index (χ3v) is 1.54. The molecule has 0 atom stereocenters. The van der Waals surface area contributed by atoms with Crippen LogP contribution in [0, 0.1) is 0 Å². The normalized spacial score (nSPS) is 10.7. The molecule has 0 aliphatic rings. The third kappa shape index (κ3) is 6.13. The van der Waals surface area contributed by atoms with Crippen LogP contribution >= 0.6 is 12.4 Å². The van der Waals surface area contributed by atoms with E-state index >= 15 is 0 Å². The van der Waals surface area contributed by atoms with Crippen molar-refractivity contribution in [3.63, 3.8) is 0 Å². The monoisotopic (exact) mass is 151 g/mol. The predicted octanol–water partition coefficient (Wildman–Crippen LogP) is 2.21. The quantitative estimate of drug-likeness (QED) is 0.652. The lowest BCUT2D eigenvalue weighted by Gasteiger charge is -2.23. The van der Waals surface area contributed by atoms with Crippen molar-refractivity contribution in [3.8, 4) is 0 Å². The second-order valence-electron chi connectivity index (χ2n) is 2.77. The van der Waals surface area contributed by atoms with Crippen molar-refractivity contribution < 1.29 is 0 Å². The lowest BCUT2D eigenvalue weighted by molar-refractivity contribution is 0.387. The number of hydrogen-bond donors (Lipinski definition) is 1. The van der Waals surface area contributed by atoms with Crippen molar-refractivity contribution in [1.29, 1.82) is 0 Å². The van der Waals surface area contributed by atoms with E-state index in [0.717, 1.165) is 6.54 Å². The van der Waals surface area contributed by atoms with Crippen LogP contribution in [0.3, 0.4) is 0 Å². The lowest BCUT2D eigenvalue weighted by atomic mass is 10.0. The summed E-state index contributed by atoms with van der Waals surface area (Å²) < 4.78 is 0. The first-order valence-corrected chi connectivity index (χ1v) is 3.37. The van der Waals surface area contributed by atoms with Gasteiger partial charge in [0.25, 0.3) is 0 Å². The van der Waals surface area contributed by atoms with Gasteiger partial charge in [-0.05, 0) is 26.8 Å². The molecule has 0 aromatic heterocycles. The average Bonchev–Trinajstić information content (AvgIpc) is 1.67. The highest BCUT2D eigenvalue weighted by atomic mass is 35.5. The first kappa shape index (κ1) is 12.0. The molecule has 0 unspecified atom stereocenters. The molecule has 9 heavy (non-hydrogen) atoms. The molecule has 2 heteroatoms. The van der Waals surface area contributed by atoms with Gasteiger partial charge in [0.1, 0.15) is 0 Å². The van der Waals surface area contributed by atoms with Gasteiger partial charge in [-0.25, -0.2) is 0 Å². The van der Waals surface area contributed by atoms with E-state index in [1.54, 1.807) is 0 Å². The number of hydrogen-bond acceptors (Lipinski definition) is 1. The molecule has 0 aliphatic carbocycles. The zero-order chi connectivity index (χ0) is 6.62. The Bertz CT molecular complexity index is 61.9. The Morgan fingerprint density at radius 3 is 1.78 bits per heavy atom. The molecule has 0 saturated carbocycles. The van der Waals surface area contributed by atoms with Gasteiger partial charge >= 0.3 is 0 Å². The maximum atomic E-state index is 3.37. The van der Waals surface area contributed by atoms with Crippen LogP contribution < -0.4 is 5.32 Å². The van der Waals surface area contributed by atoms with Gasteiger partial charge in [-0.15, -0.1) is 12.4 Å². The predicted molar refractivity (Wildman–Crippen MR) is 45.3 cm³/mol. The summed E-state index contributed by atoms with van der Waals surface area (Å²) in [4.78, 5) is 0. The standard InChI is InChI=1S/C7H17N.ClH/c1-5-7(3,4)8-6-2;/h8H,5-6H2,1-4H3;1H. The minimum Gasteiger partial charge on any atom is -0.312 e. The highest BCUT2D eigenvalue weighted by Crippen LogP contribution is 2.04. The van der Waals surface area contributed by atoms with Crippen LogP contribution in [0.4, 0.5) is 0 Å². The van der Waals surface area contributed by atoms with Gasteiger partial charge in [0.05, 0.1) is 0 Å². The second-order valence-corrected chi connectivity index (χ2v) is 2.77. The van der Waals surface area contributed by atoms with Gasteiger partial charge < -0.3 is 5.32 Å². The van der Waals surface area contributed by atoms with Crippen LogP contribution in [0.5, 0.6) is 0 Å². The van der Waals surface area contributed by atoms with Crippen molar-refractivity contribution >= 4 is 12.4 Å². The maximum absolute atomic E-state index is 3.37. The van der Waals surface area contributed by atoms with E-state index < -0.39 is 0 Å². The highest BCUT2D eigenvalue weighted by molar-refractivity contribution is 5.85. The van der Waals surface area contributed by atoms with Gasteiger partial charge in [0, 0.05) is 5.54 Å². The van der Waals surface area contributed by atoms with Crippen molar-refractivity contribution in [2.75, 3.05) is 6.54 Å². The summed E-state index contributed by atoms with van der Waals surface area (Å²) >= 11 is 0. The Morgan fingerprint density at radius 2 is 1.67 bits per heavy atom. The Hall–Kier alpha value is 0.250. The number of halogens is 1. The van der Waals surface area contributed by atoms with E-state index in [1.807, 2.05) is 0 Å². The maximum Gasteiger partial charge on any atom is 0.0122 e. The summed E-state index contributed by atoms with van der Waals surface area (Å²) in [6, 6.07) is 0. The van der Waals surface area contributed by atoms with E-state index in [1.165, 1.54) is 6.42 Å². The lowest BCUT2D eigenvalue weighted by Crippen LogP contribution is -2.37. The summed E-state index contributed by atoms with van der Waals surface area (Å²) in [5, 5.41) is 3.37. The molecule has 0 radical (unpaired) electrons. The summed E-state index contributed by atoms with van der Waals surface area (Å²) in [7, 11) is 0. The van der Waals surface area contributed by atoms with Crippen LogP contribution in [0.1, 0.15) is 34.1 Å². The molecule has 1 N–H and O–H groups in total. The minimum absolute atomic E-state index is 0. The van der Waals surface area contributed by atoms with Crippen molar-refractivity contribution in [2.45, 2.75) is 39.7 Å². The van der Waals surface area contributed by atoms with Gasteiger partial charge in [-0.2, -0.15) is 0 Å². The first-order valence-electron chi connectivity index (χ1n) is 3.37. The molecular weight excluding hydrogens is 134 g/mol. The topological polar surface area (TPSA) is 12.0 Å². The van der Waals surface area contributed by atoms with Crippen LogP contribution in [-0.2, 0) is 0 Å². The van der Waals surface area contributed by atoms with Crippen LogP contribution in [0.15, 0.2) is 0 Å². The fourth-order valence-corrected chi connectivity index (χ4v) is 0.604. The SMILES string of the molecule is CCNC(C)(C)CC.Cl. The summed E-state index contributed by atoms with van der Waals surface area (Å²) in [5.41, 5.74) is 0.342. The van der Waals surface area contributed by atoms with E-state index in [2.05, 4.69) is 33.0 Å². The highest BCUT2D eigenvalue weighted by Gasteiger charge is 2.10. The Labute approximate surface area is 64.6 Å². The third-order valence-electron chi connectivity index (χ3n) is 1.54. The van der Waals surface area contributed by atoms with E-state index in [9.17, 15) is 0 Å². The molecule has 0 rings (SSSR count). The van der Waals surface area contributed by atoms with Crippen molar-refractivity contribution in [1.82, 2.24) is 5.32 Å². The van der Waals surface area contributed by atoms with Crippen LogP contribution in [0.25, 0.3) is 0 Å². The molecule has 58 valence electrons. The van der Waals surface area contributed by atoms with Crippen LogP contribution in [-0.4, -0.2) is 12.1 Å². The molecule has 0 saturated heterocycles. The van der Waals surface area contributed by atoms with Crippen molar-refractivity contribution in [3.05, 3.63) is 0 Å². The Kier molecular flexibility index (Phi) is 6.74. The fraction of sp³-hybridized carbons (Fsp3) is 1.00. The summed E-state index contributed by atoms with van der Waals surface area (Å²) in [5.74, 6) is 0. The molecule has 0 aromatic rings. The summed E-state index contributed by atoms with van der Waals surface area (Å²) in [6.07, 6.45) is 1.20. The van der Waals surface area contributed by atoms with Crippen LogP contribution in [0.2, 0.25) is 0 Å². The molecule has 1 nitrogen and oxygen atoms in total. The smallest absolute Gasteiger partial charge is 0.0122 e. The molecule has 0 heterocycles. The molecule has 0 aliphatic heterocycles. The zero-order valence-corrected chi connectivity index (χ0v) is 7.64. The fourth-order valence-electron chi connectivity index (χ4n) is 0.604. The zero-order valence-electron chi connectivity index (χ0n) is 6.82. The number of rotatable bonds is 3. The Balaban J connectivity index is 0. The molecule has 0 bridgehead atoms. The average molecular weight is 152 g/mol. The minimum atomic E-state index is 0. The van der Waals surface area contributed by atoms with Gasteiger partial charge in [0.15, 0.2) is 0 Å². The largest absolute Gasteiger partial charge is 0.312 e. The van der Waals surface area contributed by atoms with Gasteiger partial charge in [0.2, 0.25) is 0 Å². The Morgan fingerprint density at radius 1 is 1.22 bits per heavy atom. The van der Waals surface area contributed by atoms with Gasteiger partial charge in [-0.3, -0.25) is 0 Å². The number of nitrogens with one attached hydrogen (secondary N) is 1. The molecular formula is C7H18ClN. The molecule has 0 fully saturated rings. The molecule has 0 aromatic carbocycles. The molecule has 0 amide bonds. The van der Waals surface area contributed by atoms with Crippen molar-refractivity contribution in [2.24, 2.45) is 0 Å². The first-order chi connectivity index (χ1) is 3.62. The van der Waals surface area contributed by atoms with E-state index in [0.29, 0.717) is 5.54 Å². The van der Waals surface area contributed by atoms with E-state index in [-0.39, 0.29) is 12.4 Å². The van der Waals surface area contributed by atoms with E-state index in [4.69, 9.17) is 0 Å².